The van der Waals surface area contributed by atoms with Gasteiger partial charge < -0.3 is 9.47 Å². The van der Waals surface area contributed by atoms with E-state index in [9.17, 15) is 0 Å². The second kappa shape index (κ2) is 3.32. The molecule has 12 heavy (non-hydrogen) atoms. The predicted octanol–water partition coefficient (Wildman–Crippen LogP) is 0.498. The molecular weight excluding hydrogens is 154 g/mol. The average Bonchev–Trinajstić information content (AvgIpc) is 2.48. The first-order chi connectivity index (χ1) is 5.87. The van der Waals surface area contributed by atoms with Crippen molar-refractivity contribution in [1.29, 1.82) is 0 Å². The topological polar surface area (TPSA) is 21.7 Å². The van der Waals surface area contributed by atoms with Gasteiger partial charge in [-0.15, -0.1) is 0 Å². The molecule has 0 aromatic rings. The zero-order valence-electron chi connectivity index (χ0n) is 7.71. The van der Waals surface area contributed by atoms with Gasteiger partial charge in [-0.25, -0.2) is 0 Å². The van der Waals surface area contributed by atoms with Crippen LogP contribution in [0.4, 0.5) is 0 Å². The SMILES string of the molecule is COCC12CCCN1CCOC2. The van der Waals surface area contributed by atoms with Crippen molar-refractivity contribution in [2.24, 2.45) is 0 Å². The van der Waals surface area contributed by atoms with Gasteiger partial charge in [0.1, 0.15) is 0 Å². The van der Waals surface area contributed by atoms with E-state index in [0.29, 0.717) is 0 Å². The molecule has 1 atom stereocenters. The fourth-order valence-corrected chi connectivity index (χ4v) is 2.42. The van der Waals surface area contributed by atoms with E-state index in [2.05, 4.69) is 4.90 Å². The van der Waals surface area contributed by atoms with Crippen LogP contribution in [0, 0.1) is 0 Å². The third-order valence-electron chi connectivity index (χ3n) is 3.03. The Balaban J connectivity index is 2.06. The number of ether oxygens (including phenoxy) is 2. The lowest BCUT2D eigenvalue weighted by molar-refractivity contribution is -0.0775. The number of methoxy groups -OCH3 is 1. The Morgan fingerprint density at radius 3 is 3.25 bits per heavy atom. The number of morpholine rings is 1. The molecule has 0 aromatic carbocycles. The number of hydrogen-bond acceptors (Lipinski definition) is 3. The molecule has 0 N–H and O–H groups in total. The van der Waals surface area contributed by atoms with E-state index in [1.807, 2.05) is 0 Å². The lowest BCUT2D eigenvalue weighted by atomic mass is 9.97. The predicted molar refractivity (Wildman–Crippen MR) is 46.2 cm³/mol. The van der Waals surface area contributed by atoms with Gasteiger partial charge in [0, 0.05) is 13.7 Å². The molecule has 0 aliphatic carbocycles. The number of hydrogen-bond donors (Lipinski definition) is 0. The van der Waals surface area contributed by atoms with Crippen molar-refractivity contribution in [1.82, 2.24) is 4.90 Å². The first-order valence-corrected chi connectivity index (χ1v) is 4.69. The van der Waals surface area contributed by atoms with Gasteiger partial charge >= 0.3 is 0 Å². The molecule has 0 radical (unpaired) electrons. The van der Waals surface area contributed by atoms with Crippen LogP contribution < -0.4 is 0 Å². The van der Waals surface area contributed by atoms with Crippen molar-refractivity contribution >= 4 is 0 Å². The van der Waals surface area contributed by atoms with Gasteiger partial charge in [-0.1, -0.05) is 0 Å². The first-order valence-electron chi connectivity index (χ1n) is 4.69. The van der Waals surface area contributed by atoms with E-state index in [1.54, 1.807) is 7.11 Å². The molecule has 0 aromatic heterocycles. The highest BCUT2D eigenvalue weighted by molar-refractivity contribution is 4.97. The van der Waals surface area contributed by atoms with Gasteiger partial charge in [-0.05, 0) is 19.4 Å². The molecule has 2 aliphatic rings. The van der Waals surface area contributed by atoms with Crippen LogP contribution in [0.2, 0.25) is 0 Å². The molecule has 0 spiro atoms. The van der Waals surface area contributed by atoms with Crippen molar-refractivity contribution in [3.05, 3.63) is 0 Å². The average molecular weight is 171 g/mol. The zero-order valence-corrected chi connectivity index (χ0v) is 7.71. The van der Waals surface area contributed by atoms with Crippen LogP contribution in [0.1, 0.15) is 12.8 Å². The molecule has 0 bridgehead atoms. The number of rotatable bonds is 2. The fourth-order valence-electron chi connectivity index (χ4n) is 2.42. The highest BCUT2D eigenvalue weighted by Gasteiger charge is 2.43. The molecule has 0 saturated carbocycles. The maximum atomic E-state index is 5.52. The minimum absolute atomic E-state index is 0.229. The Kier molecular flexibility index (Phi) is 2.35. The monoisotopic (exact) mass is 171 g/mol. The molecule has 2 fully saturated rings. The summed E-state index contributed by atoms with van der Waals surface area (Å²) in [6.45, 7) is 4.90. The van der Waals surface area contributed by atoms with Gasteiger partial charge in [0.25, 0.3) is 0 Å². The summed E-state index contributed by atoms with van der Waals surface area (Å²) in [7, 11) is 1.78. The fraction of sp³-hybridized carbons (Fsp3) is 1.00. The molecule has 3 nitrogen and oxygen atoms in total. The van der Waals surface area contributed by atoms with E-state index in [0.717, 1.165) is 26.4 Å². The maximum Gasteiger partial charge on any atom is 0.0679 e. The van der Waals surface area contributed by atoms with Crippen LogP contribution in [-0.4, -0.2) is 50.5 Å². The van der Waals surface area contributed by atoms with E-state index < -0.39 is 0 Å². The van der Waals surface area contributed by atoms with Gasteiger partial charge in [-0.3, -0.25) is 4.90 Å². The summed E-state index contributed by atoms with van der Waals surface area (Å²) in [6, 6.07) is 0. The standard InChI is InChI=1S/C9H17NO2/c1-11-7-9-3-2-4-10(9)5-6-12-8-9/h2-8H2,1H3. The second-order valence-electron chi connectivity index (χ2n) is 3.80. The van der Waals surface area contributed by atoms with Crippen molar-refractivity contribution in [3.63, 3.8) is 0 Å². The van der Waals surface area contributed by atoms with Gasteiger partial charge in [-0.2, -0.15) is 0 Å². The minimum Gasteiger partial charge on any atom is -0.383 e. The highest BCUT2D eigenvalue weighted by Crippen LogP contribution is 2.31. The van der Waals surface area contributed by atoms with E-state index >= 15 is 0 Å². The Hall–Kier alpha value is -0.120. The molecular formula is C9H17NO2. The van der Waals surface area contributed by atoms with Crippen LogP contribution in [0.25, 0.3) is 0 Å². The number of fused-ring (bicyclic) bond motifs is 1. The lowest BCUT2D eigenvalue weighted by Crippen LogP contribution is -2.55. The summed E-state index contributed by atoms with van der Waals surface area (Å²) in [5.74, 6) is 0. The minimum atomic E-state index is 0.229. The Morgan fingerprint density at radius 1 is 1.50 bits per heavy atom. The first kappa shape index (κ1) is 8.48. The summed E-state index contributed by atoms with van der Waals surface area (Å²) in [4.78, 5) is 2.53. The largest absolute Gasteiger partial charge is 0.383 e. The van der Waals surface area contributed by atoms with Crippen LogP contribution >= 0.6 is 0 Å². The van der Waals surface area contributed by atoms with Crippen LogP contribution in [-0.2, 0) is 9.47 Å². The third-order valence-corrected chi connectivity index (χ3v) is 3.03. The van der Waals surface area contributed by atoms with Crippen molar-refractivity contribution in [3.8, 4) is 0 Å². The smallest absolute Gasteiger partial charge is 0.0679 e. The van der Waals surface area contributed by atoms with Gasteiger partial charge in [0.15, 0.2) is 0 Å². The maximum absolute atomic E-state index is 5.52. The summed E-state index contributed by atoms with van der Waals surface area (Å²) in [5, 5.41) is 0. The van der Waals surface area contributed by atoms with Gasteiger partial charge in [0.2, 0.25) is 0 Å². The van der Waals surface area contributed by atoms with Crippen LogP contribution in [0.5, 0.6) is 0 Å². The van der Waals surface area contributed by atoms with Crippen molar-refractivity contribution < 1.29 is 9.47 Å². The van der Waals surface area contributed by atoms with E-state index in [4.69, 9.17) is 9.47 Å². The van der Waals surface area contributed by atoms with Gasteiger partial charge in [0.05, 0.1) is 25.4 Å². The van der Waals surface area contributed by atoms with E-state index in [-0.39, 0.29) is 5.54 Å². The Labute approximate surface area is 73.6 Å². The molecule has 2 saturated heterocycles. The van der Waals surface area contributed by atoms with Crippen LogP contribution in [0.15, 0.2) is 0 Å². The highest BCUT2D eigenvalue weighted by atomic mass is 16.5. The van der Waals surface area contributed by atoms with Crippen molar-refractivity contribution in [2.45, 2.75) is 18.4 Å². The molecule has 0 amide bonds. The van der Waals surface area contributed by atoms with Crippen LogP contribution in [0.3, 0.4) is 0 Å². The zero-order chi connectivity index (χ0) is 8.44. The molecule has 2 rings (SSSR count). The van der Waals surface area contributed by atoms with Crippen molar-refractivity contribution in [2.75, 3.05) is 40.0 Å². The Morgan fingerprint density at radius 2 is 2.42 bits per heavy atom. The molecule has 1 unspecified atom stereocenters. The Bertz CT molecular complexity index is 159. The van der Waals surface area contributed by atoms with E-state index in [1.165, 1.54) is 19.4 Å². The summed E-state index contributed by atoms with van der Waals surface area (Å²) >= 11 is 0. The summed E-state index contributed by atoms with van der Waals surface area (Å²) in [6.07, 6.45) is 2.54. The normalized spacial score (nSPS) is 36.8. The second-order valence-corrected chi connectivity index (χ2v) is 3.80. The molecule has 2 aliphatic heterocycles. The number of nitrogens with zero attached hydrogens (tertiary/aromatic N) is 1. The molecule has 2 heterocycles. The molecule has 70 valence electrons. The summed E-state index contributed by atoms with van der Waals surface area (Å²) < 4.78 is 10.8. The quantitative estimate of drug-likeness (QED) is 0.604. The molecule has 3 heteroatoms. The summed E-state index contributed by atoms with van der Waals surface area (Å²) in [5.41, 5.74) is 0.229. The lowest BCUT2D eigenvalue weighted by Gasteiger charge is -2.41. The third kappa shape index (κ3) is 1.26.